The number of hydrogen-bond donors (Lipinski definition) is 5. The molecule has 0 fully saturated rings. The van der Waals surface area contributed by atoms with E-state index < -0.39 is 70.8 Å². The van der Waals surface area contributed by atoms with Crippen LogP contribution in [0.1, 0.15) is 25.7 Å². The monoisotopic (exact) mass is 717 g/mol. The molecule has 0 aliphatic carbocycles. The molecule has 1 unspecified atom stereocenters. The number of hydrogen-bond acceptors (Lipinski definition) is 15. The Bertz CT molecular complexity index is 945. The molecule has 244 valence electrons. The van der Waals surface area contributed by atoms with Gasteiger partial charge in [-0.25, -0.2) is 0 Å². The van der Waals surface area contributed by atoms with Crippen LogP contribution in [-0.4, -0.2) is 112 Å². The quantitative estimate of drug-likeness (QED) is 0.0228. The fourth-order valence-corrected chi connectivity index (χ4v) is 6.99. The normalized spacial score (nSPS) is 13.1. The highest BCUT2D eigenvalue weighted by Crippen LogP contribution is 2.41. The highest BCUT2D eigenvalue weighted by Gasteiger charge is 2.38. The first kappa shape index (κ1) is 41.2. The third-order valence-electron chi connectivity index (χ3n) is 4.87. The molecule has 0 saturated carbocycles. The number of carbonyl (C=O) groups is 4. The Morgan fingerprint density at radius 2 is 1.00 bits per heavy atom. The van der Waals surface area contributed by atoms with Crippen molar-refractivity contribution in [1.29, 1.82) is 0 Å². The summed E-state index contributed by atoms with van der Waals surface area (Å²) in [5.74, 6) is -1.66. The minimum absolute atomic E-state index is 0.0400. The lowest BCUT2D eigenvalue weighted by atomic mass is 9.92. The summed E-state index contributed by atoms with van der Waals surface area (Å²) in [5, 5.41) is 0. The summed E-state index contributed by atoms with van der Waals surface area (Å²) < 4.78 is 43.4. The second-order valence-corrected chi connectivity index (χ2v) is 15.7. The molecule has 0 heterocycles. The molecule has 0 aromatic heterocycles. The van der Waals surface area contributed by atoms with Gasteiger partial charge in [-0.1, -0.05) is 0 Å². The van der Waals surface area contributed by atoms with E-state index in [1.54, 1.807) is 0 Å². The molecule has 15 nitrogen and oxygen atoms in total. The molecule has 0 rings (SSSR count). The van der Waals surface area contributed by atoms with Crippen molar-refractivity contribution in [1.82, 2.24) is 0 Å². The lowest BCUT2D eigenvalue weighted by Gasteiger charge is -2.31. The number of thiol groups is 2. The maximum atomic E-state index is 12.4. The summed E-state index contributed by atoms with van der Waals surface area (Å²) in [4.78, 5) is 88.3. The van der Waals surface area contributed by atoms with Gasteiger partial charge < -0.3 is 33.6 Å². The van der Waals surface area contributed by atoms with Crippen LogP contribution in [0, 0.1) is 10.3 Å². The van der Waals surface area contributed by atoms with E-state index in [2.05, 4.69) is 30.2 Å². The number of thioether (sulfide) groups is 2. The predicted molar refractivity (Wildman–Crippen MR) is 164 cm³/mol. The van der Waals surface area contributed by atoms with Crippen molar-refractivity contribution in [3.05, 3.63) is 4.91 Å². The largest absolute Gasteiger partial charge is 0.465 e. The molecule has 0 aliphatic heterocycles. The van der Waals surface area contributed by atoms with E-state index in [-0.39, 0.29) is 72.5 Å². The molecule has 0 aromatic rings. The van der Waals surface area contributed by atoms with E-state index in [9.17, 15) is 33.2 Å². The Hall–Kier alpha value is -0.780. The maximum absolute atomic E-state index is 12.4. The van der Waals surface area contributed by atoms with Crippen molar-refractivity contribution in [3.63, 3.8) is 0 Å². The third-order valence-corrected chi connectivity index (χ3v) is 9.76. The van der Waals surface area contributed by atoms with Crippen LogP contribution in [0.5, 0.6) is 0 Å². The third kappa shape index (κ3) is 22.7. The zero-order chi connectivity index (χ0) is 32.1. The molecule has 3 N–H and O–H groups in total. The highest BCUT2D eigenvalue weighted by molar-refractivity contribution is 7.99. The first-order chi connectivity index (χ1) is 19.7. The van der Waals surface area contributed by atoms with E-state index in [1.165, 1.54) is 0 Å². The van der Waals surface area contributed by atoms with Crippen molar-refractivity contribution in [2.24, 2.45) is 10.4 Å². The molecule has 0 amide bonds. The van der Waals surface area contributed by atoms with E-state index in [0.717, 1.165) is 23.5 Å². The summed E-state index contributed by atoms with van der Waals surface area (Å²) in [7, 11) is -8.23. The topological polar surface area (TPSA) is 229 Å². The second kappa shape index (κ2) is 22.7. The summed E-state index contributed by atoms with van der Waals surface area (Å²) in [6.45, 7) is -1.81. The molecule has 0 radical (unpaired) electrons. The van der Waals surface area contributed by atoms with Crippen LogP contribution < -0.4 is 0 Å². The van der Waals surface area contributed by atoms with Gasteiger partial charge in [-0.05, 0) is 0 Å². The average Bonchev–Trinajstić information content (AvgIpc) is 2.91. The first-order valence-corrected chi connectivity index (χ1v) is 19.6. The Morgan fingerprint density at radius 1 is 0.643 bits per heavy atom. The molecule has 0 aliphatic rings. The van der Waals surface area contributed by atoms with E-state index in [0.29, 0.717) is 0 Å². The molecule has 0 saturated heterocycles. The van der Waals surface area contributed by atoms with Crippen molar-refractivity contribution in [3.8, 4) is 0 Å². The predicted octanol–water partition coefficient (Wildman–Crippen LogP) is 2.16. The Morgan fingerprint density at radius 3 is 1.33 bits per heavy atom. The molecule has 21 heteroatoms. The molecule has 0 aromatic carbocycles. The van der Waals surface area contributed by atoms with Gasteiger partial charge in [0.25, 0.3) is 0 Å². The van der Waals surface area contributed by atoms with Crippen LogP contribution in [-0.2, 0) is 47.3 Å². The molecular weight excluding hydrogens is 680 g/mol. The van der Waals surface area contributed by atoms with Gasteiger partial charge in [0.1, 0.15) is 31.8 Å². The van der Waals surface area contributed by atoms with Gasteiger partial charge in [0.05, 0.1) is 38.0 Å². The SMILES string of the molecule is O=NP(=O)(O)CCSCCC(=O)OCC(COC(=O)CCS)(COC(=O)CCS)COC(=O)CCSCCP(=O)(O)O. The van der Waals surface area contributed by atoms with Crippen molar-refractivity contribution in [2.45, 2.75) is 25.7 Å². The molecule has 42 heavy (non-hydrogen) atoms. The Labute approximate surface area is 263 Å². The van der Waals surface area contributed by atoms with Crippen LogP contribution in [0.2, 0.25) is 0 Å². The van der Waals surface area contributed by atoms with Crippen molar-refractivity contribution in [2.75, 3.05) is 73.3 Å². The second-order valence-electron chi connectivity index (χ2n) is 8.67. The minimum atomic E-state index is -4.15. The zero-order valence-electron chi connectivity index (χ0n) is 22.7. The zero-order valence-corrected chi connectivity index (χ0v) is 27.9. The standard InChI is InChI=1S/C21H37NO14P2S4/c23-17(1-7-39)33-13-21(14-34-18(24)2-8-40,16-36-20(26)4-10-42-12-6-38(30,31)32)15-35-19(25)3-9-41-11-5-37(28,29)22-27/h39-40H,1-16H2,(H,28,29)(H2,30,31,32). The smallest absolute Gasteiger partial charge is 0.350 e. The fourth-order valence-electron chi connectivity index (χ4n) is 2.58. The lowest BCUT2D eigenvalue weighted by Crippen LogP contribution is -2.44. The van der Waals surface area contributed by atoms with Gasteiger partial charge in [0, 0.05) is 39.5 Å². The molecule has 1 atom stereocenters. The van der Waals surface area contributed by atoms with Gasteiger partial charge >= 0.3 is 39.0 Å². The van der Waals surface area contributed by atoms with Gasteiger partial charge in [0.15, 0.2) is 0 Å². The van der Waals surface area contributed by atoms with Crippen molar-refractivity contribution >= 4 is 87.8 Å². The van der Waals surface area contributed by atoms with E-state index >= 15 is 0 Å². The summed E-state index contributed by atoms with van der Waals surface area (Å²) in [6.07, 6.45) is -1.01. The maximum Gasteiger partial charge on any atom is 0.350 e. The summed E-state index contributed by atoms with van der Waals surface area (Å²) in [5.41, 5.74) is -1.47. The fraction of sp³-hybridized carbons (Fsp3) is 0.810. The number of nitrogens with zero attached hydrogens (tertiary/aromatic N) is 1. The number of carbonyl (C=O) groups excluding carboxylic acids is 4. The van der Waals surface area contributed by atoms with Crippen LogP contribution in [0.4, 0.5) is 0 Å². The number of esters is 4. The number of ether oxygens (including phenoxy) is 4. The van der Waals surface area contributed by atoms with Crippen LogP contribution in [0.15, 0.2) is 4.95 Å². The van der Waals surface area contributed by atoms with Gasteiger partial charge in [-0.15, -0.1) is 4.91 Å². The van der Waals surface area contributed by atoms with Crippen LogP contribution >= 0.6 is 63.9 Å². The van der Waals surface area contributed by atoms with Crippen LogP contribution in [0.25, 0.3) is 0 Å². The van der Waals surface area contributed by atoms with Gasteiger partial charge in [-0.3, -0.25) is 28.3 Å². The molecular formula is C21H37NO14P2S4. The summed E-state index contributed by atoms with van der Waals surface area (Å²) in [6, 6.07) is 0. The van der Waals surface area contributed by atoms with Gasteiger partial charge in [0.2, 0.25) is 0 Å². The molecule has 0 spiro atoms. The Balaban J connectivity index is 5.32. The average molecular weight is 718 g/mol. The minimum Gasteiger partial charge on any atom is -0.465 e. The number of nitroso groups, excluding NO2 is 1. The first-order valence-electron chi connectivity index (χ1n) is 12.4. The number of rotatable bonds is 25. The van der Waals surface area contributed by atoms with E-state index in [4.69, 9.17) is 33.6 Å². The van der Waals surface area contributed by atoms with E-state index in [1.807, 2.05) is 0 Å². The Kier molecular flexibility index (Phi) is 22.3. The molecule has 0 bridgehead atoms. The van der Waals surface area contributed by atoms with Crippen LogP contribution in [0.3, 0.4) is 0 Å². The summed E-state index contributed by atoms with van der Waals surface area (Å²) >= 11 is 10.2. The van der Waals surface area contributed by atoms with Crippen molar-refractivity contribution < 1.29 is 61.9 Å². The highest BCUT2D eigenvalue weighted by atomic mass is 32.2. The van der Waals surface area contributed by atoms with Gasteiger partial charge in [-0.2, -0.15) is 48.8 Å². The lowest BCUT2D eigenvalue weighted by molar-refractivity contribution is -0.170.